The van der Waals surface area contributed by atoms with Gasteiger partial charge >= 0.3 is 11.7 Å². The summed E-state index contributed by atoms with van der Waals surface area (Å²) in [5.74, 6) is -0.790. The van der Waals surface area contributed by atoms with Crippen molar-refractivity contribution in [2.24, 2.45) is 5.41 Å². The minimum absolute atomic E-state index is 0.0932. The summed E-state index contributed by atoms with van der Waals surface area (Å²) in [6.45, 7) is 3.44. The third-order valence-electron chi connectivity index (χ3n) is 2.90. The fourth-order valence-electron chi connectivity index (χ4n) is 1.56. The number of benzene rings is 1. The van der Waals surface area contributed by atoms with Gasteiger partial charge in [-0.15, -0.1) is 0 Å². The van der Waals surface area contributed by atoms with Crippen LogP contribution < -0.4 is 4.74 Å². The minimum Gasteiger partial charge on any atom is -0.487 e. The van der Waals surface area contributed by atoms with E-state index in [9.17, 15) is 14.9 Å². The molecule has 0 aliphatic rings. The maximum atomic E-state index is 10.9. The van der Waals surface area contributed by atoms with E-state index < -0.39 is 16.3 Å². The predicted octanol–water partition coefficient (Wildman–Crippen LogP) is 3.52. The van der Waals surface area contributed by atoms with Crippen molar-refractivity contribution in [2.75, 3.05) is 6.61 Å². The molecule has 0 aliphatic carbocycles. The molecule has 0 fully saturated rings. The van der Waals surface area contributed by atoms with Crippen LogP contribution in [-0.4, -0.2) is 22.6 Å². The summed E-state index contributed by atoms with van der Waals surface area (Å²) in [5, 5.41) is 20.1. The van der Waals surface area contributed by atoms with E-state index in [1.165, 1.54) is 18.2 Å². The van der Waals surface area contributed by atoms with Crippen LogP contribution in [0, 0.1) is 15.5 Å². The first kappa shape index (κ1) is 16.2. The van der Waals surface area contributed by atoms with E-state index >= 15 is 0 Å². The summed E-state index contributed by atoms with van der Waals surface area (Å²) < 4.78 is 5.34. The van der Waals surface area contributed by atoms with Crippen molar-refractivity contribution >= 4 is 23.3 Å². The molecule has 0 saturated heterocycles. The molecule has 0 aromatic heterocycles. The topological polar surface area (TPSA) is 89.7 Å². The Labute approximate surface area is 121 Å². The van der Waals surface area contributed by atoms with Gasteiger partial charge in [0.05, 0.1) is 16.9 Å². The molecule has 0 unspecified atom stereocenters. The summed E-state index contributed by atoms with van der Waals surface area (Å²) in [6.07, 6.45) is 0.889. The molecule has 0 aliphatic heterocycles. The van der Waals surface area contributed by atoms with Crippen molar-refractivity contribution < 1.29 is 19.6 Å². The van der Waals surface area contributed by atoms with Crippen LogP contribution in [0.5, 0.6) is 5.75 Å². The summed E-state index contributed by atoms with van der Waals surface area (Å²) in [6, 6.07) is 4.07. The van der Waals surface area contributed by atoms with E-state index in [0.29, 0.717) is 17.9 Å². The molecule has 0 spiro atoms. The van der Waals surface area contributed by atoms with E-state index in [0.717, 1.165) is 0 Å². The summed E-state index contributed by atoms with van der Waals surface area (Å²) in [7, 11) is 0. The molecule has 0 atom stereocenters. The van der Waals surface area contributed by atoms with E-state index in [1.54, 1.807) is 13.8 Å². The average molecular weight is 302 g/mol. The van der Waals surface area contributed by atoms with Crippen LogP contribution >= 0.6 is 11.6 Å². The van der Waals surface area contributed by atoms with Gasteiger partial charge in [0.2, 0.25) is 0 Å². The zero-order valence-corrected chi connectivity index (χ0v) is 12.0. The fraction of sp³-hybridized carbons (Fsp3) is 0.462. The van der Waals surface area contributed by atoms with Gasteiger partial charge in [-0.3, -0.25) is 14.9 Å². The van der Waals surface area contributed by atoms with Gasteiger partial charge in [0.1, 0.15) is 0 Å². The monoisotopic (exact) mass is 301 g/mol. The zero-order chi connectivity index (χ0) is 15.3. The summed E-state index contributed by atoms with van der Waals surface area (Å²) in [4.78, 5) is 21.2. The fourth-order valence-corrected chi connectivity index (χ4v) is 1.72. The number of carboxylic acid groups (broad SMARTS) is 1. The lowest BCUT2D eigenvalue weighted by Gasteiger charge is -2.18. The highest BCUT2D eigenvalue weighted by molar-refractivity contribution is 6.30. The second kappa shape index (κ2) is 6.56. The normalized spacial score (nSPS) is 11.2. The second-order valence-electron chi connectivity index (χ2n) is 5.01. The van der Waals surface area contributed by atoms with Crippen LogP contribution in [0.3, 0.4) is 0 Å². The molecule has 1 rings (SSSR count). The molecule has 1 aromatic carbocycles. The lowest BCUT2D eigenvalue weighted by atomic mass is 9.88. The van der Waals surface area contributed by atoms with Crippen LogP contribution in [0.4, 0.5) is 5.69 Å². The molecule has 0 radical (unpaired) electrons. The molecule has 0 saturated carbocycles. The van der Waals surface area contributed by atoms with Gasteiger partial charge in [-0.25, -0.2) is 0 Å². The third-order valence-corrected chi connectivity index (χ3v) is 3.14. The van der Waals surface area contributed by atoms with Gasteiger partial charge in [0.25, 0.3) is 0 Å². The number of carbonyl (C=O) groups is 1. The van der Waals surface area contributed by atoms with E-state index in [2.05, 4.69) is 0 Å². The van der Waals surface area contributed by atoms with Crippen LogP contribution in [0.25, 0.3) is 0 Å². The van der Waals surface area contributed by atoms with Crippen LogP contribution in [0.2, 0.25) is 5.02 Å². The molecule has 1 N–H and O–H groups in total. The number of aliphatic carboxylic acids is 1. The standard InChI is InChI=1S/C13H16ClNO5/c1-13(2,12(16)17)6-3-7-20-11-8-9(14)4-5-10(11)15(18)19/h4-5,8H,3,6-7H2,1-2H3,(H,16,17). The second-order valence-corrected chi connectivity index (χ2v) is 5.45. The number of nitro groups is 1. The van der Waals surface area contributed by atoms with Crippen molar-refractivity contribution in [1.82, 2.24) is 0 Å². The van der Waals surface area contributed by atoms with Crippen molar-refractivity contribution in [3.8, 4) is 5.75 Å². The molecule has 1 aromatic rings. The minimum atomic E-state index is -0.883. The molecule has 7 heteroatoms. The van der Waals surface area contributed by atoms with Gasteiger partial charge in [-0.05, 0) is 32.8 Å². The number of carboxylic acids is 1. The first-order chi connectivity index (χ1) is 9.24. The zero-order valence-electron chi connectivity index (χ0n) is 11.3. The highest BCUT2D eigenvalue weighted by atomic mass is 35.5. The van der Waals surface area contributed by atoms with Gasteiger partial charge < -0.3 is 9.84 Å². The number of nitrogens with zero attached hydrogens (tertiary/aromatic N) is 1. The van der Waals surface area contributed by atoms with Gasteiger partial charge in [-0.2, -0.15) is 0 Å². The van der Waals surface area contributed by atoms with Crippen molar-refractivity contribution in [1.29, 1.82) is 0 Å². The Morgan fingerprint density at radius 3 is 2.70 bits per heavy atom. The first-order valence-corrected chi connectivity index (χ1v) is 6.42. The van der Waals surface area contributed by atoms with Crippen molar-refractivity contribution in [3.63, 3.8) is 0 Å². The molecule has 0 amide bonds. The Morgan fingerprint density at radius 2 is 2.15 bits per heavy atom. The number of rotatable bonds is 7. The molecule has 0 heterocycles. The Kier molecular flexibility index (Phi) is 5.33. The first-order valence-electron chi connectivity index (χ1n) is 6.04. The SMILES string of the molecule is CC(C)(CCCOc1cc(Cl)ccc1[N+](=O)[O-])C(=O)O. The maximum Gasteiger partial charge on any atom is 0.311 e. The molecular formula is C13H16ClNO5. The Balaban J connectivity index is 2.60. The number of hydrogen-bond acceptors (Lipinski definition) is 4. The van der Waals surface area contributed by atoms with Gasteiger partial charge in [0, 0.05) is 17.2 Å². The molecule has 0 bridgehead atoms. The van der Waals surface area contributed by atoms with Crippen LogP contribution in [0.15, 0.2) is 18.2 Å². The van der Waals surface area contributed by atoms with Crippen LogP contribution in [0.1, 0.15) is 26.7 Å². The van der Waals surface area contributed by atoms with Gasteiger partial charge in [0.15, 0.2) is 5.75 Å². The van der Waals surface area contributed by atoms with E-state index in [1.807, 2.05) is 0 Å². The molecular weight excluding hydrogens is 286 g/mol. The van der Waals surface area contributed by atoms with Crippen LogP contribution in [-0.2, 0) is 4.79 Å². The number of hydrogen-bond donors (Lipinski definition) is 1. The molecule has 110 valence electrons. The van der Waals surface area contributed by atoms with E-state index in [-0.39, 0.29) is 18.0 Å². The Hall–Kier alpha value is -1.82. The van der Waals surface area contributed by atoms with E-state index in [4.69, 9.17) is 21.4 Å². The number of nitro benzene ring substituents is 1. The molecule has 6 nitrogen and oxygen atoms in total. The summed E-state index contributed by atoms with van der Waals surface area (Å²) in [5.41, 5.74) is -1.00. The summed E-state index contributed by atoms with van der Waals surface area (Å²) >= 11 is 5.77. The number of halogens is 1. The Morgan fingerprint density at radius 1 is 1.50 bits per heavy atom. The lowest BCUT2D eigenvalue weighted by molar-refractivity contribution is -0.385. The highest BCUT2D eigenvalue weighted by Gasteiger charge is 2.26. The smallest absolute Gasteiger partial charge is 0.311 e. The van der Waals surface area contributed by atoms with Crippen molar-refractivity contribution in [2.45, 2.75) is 26.7 Å². The van der Waals surface area contributed by atoms with Gasteiger partial charge in [-0.1, -0.05) is 11.6 Å². The highest BCUT2D eigenvalue weighted by Crippen LogP contribution is 2.30. The predicted molar refractivity (Wildman–Crippen MR) is 74.3 cm³/mol. The van der Waals surface area contributed by atoms with Crippen molar-refractivity contribution in [3.05, 3.63) is 33.3 Å². The Bertz CT molecular complexity index is 515. The maximum absolute atomic E-state index is 10.9. The largest absolute Gasteiger partial charge is 0.487 e. The average Bonchev–Trinajstić information content (AvgIpc) is 2.34. The third kappa shape index (κ3) is 4.38. The quantitative estimate of drug-likeness (QED) is 0.473. The number of ether oxygens (including phenoxy) is 1. The lowest BCUT2D eigenvalue weighted by Crippen LogP contribution is -2.24. The molecule has 20 heavy (non-hydrogen) atoms.